The minimum absolute atomic E-state index is 0.0895. The molecule has 3 N–H and O–H groups in total. The summed E-state index contributed by atoms with van der Waals surface area (Å²) < 4.78 is 5.44. The molecule has 6 nitrogen and oxygen atoms in total. The molecular formula is C19H16N2O4. The molecule has 0 saturated carbocycles. The summed E-state index contributed by atoms with van der Waals surface area (Å²) in [6.07, 6.45) is 1.55. The van der Waals surface area contributed by atoms with Crippen LogP contribution in [-0.4, -0.2) is 35.5 Å². The minimum atomic E-state index is -0.335. The molecule has 5 rings (SSSR count). The van der Waals surface area contributed by atoms with Gasteiger partial charge >= 0.3 is 0 Å². The zero-order valence-corrected chi connectivity index (χ0v) is 13.4. The van der Waals surface area contributed by atoms with E-state index in [0.717, 1.165) is 18.5 Å². The van der Waals surface area contributed by atoms with Crippen molar-refractivity contribution >= 4 is 22.9 Å². The van der Waals surface area contributed by atoms with Gasteiger partial charge in [0.2, 0.25) is 0 Å². The number of ether oxygens (including phenoxy) is 1. The number of aromatic hydroxyl groups is 1. The Bertz CT molecular complexity index is 945. The van der Waals surface area contributed by atoms with E-state index in [1.54, 1.807) is 18.2 Å². The van der Waals surface area contributed by atoms with Gasteiger partial charge in [0.15, 0.2) is 11.6 Å². The first-order chi connectivity index (χ1) is 12.1. The highest BCUT2D eigenvalue weighted by molar-refractivity contribution is 6.31. The van der Waals surface area contributed by atoms with Crippen LogP contribution in [0.5, 0.6) is 5.75 Å². The van der Waals surface area contributed by atoms with E-state index in [1.807, 2.05) is 6.07 Å². The average Bonchev–Trinajstić information content (AvgIpc) is 2.96. The number of benzene rings is 2. The van der Waals surface area contributed by atoms with E-state index >= 15 is 0 Å². The summed E-state index contributed by atoms with van der Waals surface area (Å²) in [5, 5.41) is 17.0. The molecule has 2 aromatic carbocycles. The number of hydrogen-bond acceptors (Lipinski definition) is 6. The number of nitrogens with one attached hydrogen (secondary N) is 2. The standard InChI is InChI=1S/C19H16N2O4/c22-13-3-1-2-10-14(13)17(23)11-4-5-12-16(15(11)18(10)24)21-19(20-12)6-8-25-9-7-19/h1-5,20-22H,6-9H2. The van der Waals surface area contributed by atoms with Gasteiger partial charge in [0.05, 0.1) is 35.7 Å². The Balaban J connectivity index is 1.68. The van der Waals surface area contributed by atoms with Gasteiger partial charge in [-0.15, -0.1) is 0 Å². The Morgan fingerprint density at radius 2 is 1.64 bits per heavy atom. The van der Waals surface area contributed by atoms with Crippen LogP contribution in [0.2, 0.25) is 0 Å². The van der Waals surface area contributed by atoms with Crippen molar-refractivity contribution in [2.75, 3.05) is 23.8 Å². The van der Waals surface area contributed by atoms with Crippen molar-refractivity contribution in [2.24, 2.45) is 0 Å². The van der Waals surface area contributed by atoms with Crippen LogP contribution in [0.4, 0.5) is 11.4 Å². The summed E-state index contributed by atoms with van der Waals surface area (Å²) in [4.78, 5) is 25.9. The van der Waals surface area contributed by atoms with Gasteiger partial charge in [-0.2, -0.15) is 0 Å². The Kier molecular flexibility index (Phi) is 2.80. The summed E-state index contributed by atoms with van der Waals surface area (Å²) >= 11 is 0. The summed E-state index contributed by atoms with van der Waals surface area (Å²) in [6, 6.07) is 8.08. The molecule has 0 atom stereocenters. The second-order valence-corrected chi connectivity index (χ2v) is 6.71. The lowest BCUT2D eigenvalue weighted by Gasteiger charge is -2.34. The summed E-state index contributed by atoms with van der Waals surface area (Å²) in [5.74, 6) is -0.718. The zero-order valence-electron chi connectivity index (χ0n) is 13.4. The quantitative estimate of drug-likeness (QED) is 0.585. The van der Waals surface area contributed by atoms with Gasteiger partial charge in [0.25, 0.3) is 0 Å². The van der Waals surface area contributed by atoms with Crippen LogP contribution in [0.1, 0.15) is 44.7 Å². The number of rotatable bonds is 0. The van der Waals surface area contributed by atoms with E-state index in [1.165, 1.54) is 6.07 Å². The van der Waals surface area contributed by atoms with Crippen molar-refractivity contribution in [1.29, 1.82) is 0 Å². The third kappa shape index (κ3) is 1.88. The summed E-state index contributed by atoms with van der Waals surface area (Å²) in [7, 11) is 0. The molecule has 0 aromatic heterocycles. The van der Waals surface area contributed by atoms with Crippen molar-refractivity contribution in [2.45, 2.75) is 18.5 Å². The lowest BCUT2D eigenvalue weighted by Crippen LogP contribution is -2.46. The Morgan fingerprint density at radius 3 is 2.44 bits per heavy atom. The Labute approximate surface area is 143 Å². The molecule has 1 fully saturated rings. The first kappa shape index (κ1) is 14.5. The van der Waals surface area contributed by atoms with Crippen LogP contribution in [0.15, 0.2) is 30.3 Å². The van der Waals surface area contributed by atoms with Gasteiger partial charge < -0.3 is 20.5 Å². The normalized spacial score (nSPS) is 19.7. The minimum Gasteiger partial charge on any atom is -0.507 e. The maximum absolute atomic E-state index is 13.1. The number of fused-ring (bicyclic) bond motifs is 4. The predicted octanol–water partition coefficient (Wildman–Crippen LogP) is 2.51. The van der Waals surface area contributed by atoms with Crippen molar-refractivity contribution in [1.82, 2.24) is 0 Å². The fourth-order valence-electron chi connectivity index (χ4n) is 4.00. The third-order valence-electron chi connectivity index (χ3n) is 5.28. The molecule has 1 saturated heterocycles. The highest BCUT2D eigenvalue weighted by Crippen LogP contribution is 2.45. The fraction of sp³-hybridized carbons (Fsp3) is 0.263. The molecular weight excluding hydrogens is 320 g/mol. The largest absolute Gasteiger partial charge is 0.507 e. The van der Waals surface area contributed by atoms with E-state index in [0.29, 0.717) is 30.0 Å². The average molecular weight is 336 g/mol. The number of hydrogen-bond donors (Lipinski definition) is 3. The molecule has 2 aromatic rings. The van der Waals surface area contributed by atoms with E-state index in [9.17, 15) is 14.7 Å². The van der Waals surface area contributed by atoms with Crippen LogP contribution in [-0.2, 0) is 4.74 Å². The molecule has 2 aliphatic heterocycles. The first-order valence-corrected chi connectivity index (χ1v) is 8.32. The highest BCUT2D eigenvalue weighted by atomic mass is 16.5. The number of ketones is 2. The molecule has 1 aliphatic carbocycles. The van der Waals surface area contributed by atoms with Crippen molar-refractivity contribution < 1.29 is 19.4 Å². The van der Waals surface area contributed by atoms with E-state index < -0.39 is 0 Å². The molecule has 25 heavy (non-hydrogen) atoms. The molecule has 0 bridgehead atoms. The van der Waals surface area contributed by atoms with Crippen LogP contribution in [0.3, 0.4) is 0 Å². The Hall–Kier alpha value is -2.86. The highest BCUT2D eigenvalue weighted by Gasteiger charge is 2.42. The molecule has 1 spiro atoms. The van der Waals surface area contributed by atoms with Gasteiger partial charge in [0.1, 0.15) is 11.4 Å². The monoisotopic (exact) mass is 336 g/mol. The Morgan fingerprint density at radius 1 is 0.920 bits per heavy atom. The maximum atomic E-state index is 13.1. The number of anilines is 2. The van der Waals surface area contributed by atoms with Gasteiger partial charge in [-0.1, -0.05) is 12.1 Å². The topological polar surface area (TPSA) is 87.7 Å². The van der Waals surface area contributed by atoms with Crippen molar-refractivity contribution in [3.8, 4) is 5.75 Å². The zero-order chi connectivity index (χ0) is 17.2. The van der Waals surface area contributed by atoms with E-state index in [2.05, 4.69) is 10.6 Å². The molecule has 2 heterocycles. The van der Waals surface area contributed by atoms with Gasteiger partial charge in [-0.25, -0.2) is 0 Å². The van der Waals surface area contributed by atoms with E-state index in [-0.39, 0.29) is 34.1 Å². The van der Waals surface area contributed by atoms with Crippen molar-refractivity contribution in [3.05, 3.63) is 52.6 Å². The molecule has 0 radical (unpaired) electrons. The molecule has 3 aliphatic rings. The third-order valence-corrected chi connectivity index (χ3v) is 5.28. The van der Waals surface area contributed by atoms with Gasteiger partial charge in [0, 0.05) is 24.0 Å². The maximum Gasteiger partial charge on any atom is 0.198 e. The second kappa shape index (κ2) is 4.83. The molecule has 6 heteroatoms. The SMILES string of the molecule is O=C1c2ccc3c(c2C(=O)c2cccc(O)c21)NC1(CCOCC1)N3. The van der Waals surface area contributed by atoms with Crippen LogP contribution >= 0.6 is 0 Å². The summed E-state index contributed by atoms with van der Waals surface area (Å²) in [6.45, 7) is 1.28. The number of phenolic OH excluding ortho intramolecular Hbond substituents is 1. The lowest BCUT2D eigenvalue weighted by atomic mass is 9.82. The fourth-order valence-corrected chi connectivity index (χ4v) is 4.00. The second-order valence-electron chi connectivity index (χ2n) is 6.71. The lowest BCUT2D eigenvalue weighted by molar-refractivity contribution is 0.0696. The van der Waals surface area contributed by atoms with Crippen LogP contribution in [0, 0.1) is 0 Å². The predicted molar refractivity (Wildman–Crippen MR) is 91.4 cm³/mol. The smallest absolute Gasteiger partial charge is 0.198 e. The van der Waals surface area contributed by atoms with E-state index in [4.69, 9.17) is 4.74 Å². The molecule has 0 amide bonds. The van der Waals surface area contributed by atoms with Gasteiger partial charge in [-0.05, 0) is 18.2 Å². The first-order valence-electron chi connectivity index (χ1n) is 8.32. The van der Waals surface area contributed by atoms with Crippen LogP contribution in [0.25, 0.3) is 0 Å². The molecule has 126 valence electrons. The number of phenols is 1. The van der Waals surface area contributed by atoms with Crippen molar-refractivity contribution in [3.63, 3.8) is 0 Å². The number of carbonyl (C=O) groups excluding carboxylic acids is 2. The molecule has 0 unspecified atom stereocenters. The van der Waals surface area contributed by atoms with Gasteiger partial charge in [-0.3, -0.25) is 9.59 Å². The van der Waals surface area contributed by atoms with Crippen LogP contribution < -0.4 is 10.6 Å². The number of carbonyl (C=O) groups is 2. The summed E-state index contributed by atoms with van der Waals surface area (Å²) in [5.41, 5.74) is 2.22.